The lowest BCUT2D eigenvalue weighted by Gasteiger charge is -2.35. The molecule has 2 fully saturated rings. The van der Waals surface area contributed by atoms with E-state index in [9.17, 15) is 13.2 Å². The van der Waals surface area contributed by atoms with Crippen LogP contribution >= 0.6 is 15.9 Å². The highest BCUT2D eigenvalue weighted by atomic mass is 79.9. The minimum absolute atomic E-state index is 0.121. The number of benzene rings is 3. The van der Waals surface area contributed by atoms with Crippen LogP contribution in [-0.4, -0.2) is 57.6 Å². The molecule has 0 radical (unpaired) electrons. The molecule has 0 aromatic heterocycles. The molecule has 1 aliphatic carbocycles. The average molecular weight is 667 g/mol. The van der Waals surface area contributed by atoms with Crippen LogP contribution < -0.4 is 19.9 Å². The first kappa shape index (κ1) is 30.7. The van der Waals surface area contributed by atoms with E-state index < -0.39 is 33.5 Å². The van der Waals surface area contributed by atoms with Crippen molar-refractivity contribution in [2.45, 2.75) is 67.5 Å². The van der Waals surface area contributed by atoms with Crippen molar-refractivity contribution in [1.82, 2.24) is 9.62 Å². The lowest BCUT2D eigenvalue weighted by Crippen LogP contribution is -2.58. The van der Waals surface area contributed by atoms with Gasteiger partial charge in [0.1, 0.15) is 11.5 Å². The van der Waals surface area contributed by atoms with Gasteiger partial charge in [-0.3, -0.25) is 4.79 Å². The summed E-state index contributed by atoms with van der Waals surface area (Å²) in [5, 5.41) is 1.34. The Hall–Kier alpha value is -2.80. The summed E-state index contributed by atoms with van der Waals surface area (Å²) in [7, 11) is -3.24. The van der Waals surface area contributed by atoms with Crippen molar-refractivity contribution in [2.24, 2.45) is 5.73 Å². The number of carbonyl (C=O) groups is 1. The zero-order chi connectivity index (χ0) is 30.1. The number of fused-ring (bicyclic) bond motifs is 1. The number of hydrogen-bond donors (Lipinski definition) is 2. The van der Waals surface area contributed by atoms with Crippen LogP contribution in [0.4, 0.5) is 8.78 Å². The third-order valence-corrected chi connectivity index (χ3v) is 10.0. The molecule has 42 heavy (non-hydrogen) atoms. The molecular formula is C30H34BrF2N3O5S. The van der Waals surface area contributed by atoms with Gasteiger partial charge in [0.05, 0.1) is 22.6 Å². The molecule has 2 aliphatic rings. The molecule has 1 saturated heterocycles. The van der Waals surface area contributed by atoms with Gasteiger partial charge in [0.25, 0.3) is 5.92 Å². The molecular weight excluding hydrogens is 632 g/mol. The molecule has 226 valence electrons. The minimum Gasteiger partial charge on any atom is -0.496 e. The Kier molecular flexibility index (Phi) is 9.08. The molecule has 3 N–H and O–H groups in total. The van der Waals surface area contributed by atoms with Gasteiger partial charge < -0.3 is 20.1 Å². The number of ether oxygens (including phenoxy) is 2. The Balaban J connectivity index is 1.46. The molecule has 1 aliphatic heterocycles. The first-order valence-corrected chi connectivity index (χ1v) is 16.2. The second-order valence-electron chi connectivity index (χ2n) is 10.9. The van der Waals surface area contributed by atoms with Gasteiger partial charge in [-0.25, -0.2) is 8.42 Å². The number of nitrogens with two attached hydrogens (primary N) is 1. The number of carbonyl (C=O) groups excluding carboxylic acids is 1. The molecule has 3 aromatic rings. The maximum Gasteiger partial charge on any atom is 0.298 e. The van der Waals surface area contributed by atoms with E-state index in [1.165, 1.54) is 30.2 Å². The average Bonchev–Trinajstić information content (AvgIpc) is 3.49. The Labute approximate surface area is 252 Å². The SMILES string of the molecule is COc1cc(C(F)(F)[C@H](NS(=O)(=O)c2ccc3cc(OC4CCCC4)ccc3c2)C(=O)N2CCC(N)CC2)ccc1Br. The molecule has 8 nitrogen and oxygen atoms in total. The quantitative estimate of drug-likeness (QED) is 0.320. The van der Waals surface area contributed by atoms with E-state index in [0.717, 1.165) is 43.2 Å². The van der Waals surface area contributed by atoms with Gasteiger partial charge in [0.2, 0.25) is 15.9 Å². The smallest absolute Gasteiger partial charge is 0.298 e. The third kappa shape index (κ3) is 6.56. The normalized spacial score (nSPS) is 17.9. The van der Waals surface area contributed by atoms with E-state index in [1.54, 1.807) is 18.2 Å². The second kappa shape index (κ2) is 12.4. The summed E-state index contributed by atoms with van der Waals surface area (Å²) in [4.78, 5) is 14.6. The van der Waals surface area contributed by atoms with E-state index in [1.807, 2.05) is 6.07 Å². The standard InChI is InChI=1S/C30H34BrF2N3O5S/c1-40-27-18-21(8-11-26(27)31)30(32,33)28(29(37)36-14-12-22(34)13-15-36)35-42(38,39)25-10-7-19-16-24(9-6-20(19)17-25)41-23-4-2-3-5-23/h6-11,16-18,22-23,28,35H,2-5,12-15,34H2,1H3/t28-/m1/s1. The van der Waals surface area contributed by atoms with Crippen molar-refractivity contribution in [2.75, 3.05) is 20.2 Å². The molecule has 12 heteroatoms. The van der Waals surface area contributed by atoms with E-state index in [4.69, 9.17) is 15.2 Å². The maximum absolute atomic E-state index is 16.2. The number of halogens is 3. The molecule has 0 spiro atoms. The topological polar surface area (TPSA) is 111 Å². The highest BCUT2D eigenvalue weighted by molar-refractivity contribution is 9.10. The number of alkyl halides is 2. The summed E-state index contributed by atoms with van der Waals surface area (Å²) in [6, 6.07) is 10.7. The van der Waals surface area contributed by atoms with Gasteiger partial charge in [-0.05, 0) is 102 Å². The Morgan fingerprint density at radius 3 is 2.38 bits per heavy atom. The van der Waals surface area contributed by atoms with Crippen LogP contribution in [0, 0.1) is 0 Å². The van der Waals surface area contributed by atoms with E-state index in [-0.39, 0.29) is 35.9 Å². The van der Waals surface area contributed by atoms with Gasteiger partial charge in [0.15, 0.2) is 6.04 Å². The van der Waals surface area contributed by atoms with Gasteiger partial charge in [0, 0.05) is 24.7 Å². The fourth-order valence-corrected chi connectivity index (χ4v) is 7.11. The Bertz CT molecular complexity index is 1560. The van der Waals surface area contributed by atoms with E-state index in [0.29, 0.717) is 28.5 Å². The van der Waals surface area contributed by atoms with Crippen molar-refractivity contribution in [3.63, 3.8) is 0 Å². The minimum atomic E-state index is -4.56. The Morgan fingerprint density at radius 2 is 1.69 bits per heavy atom. The summed E-state index contributed by atoms with van der Waals surface area (Å²) >= 11 is 3.24. The summed E-state index contributed by atoms with van der Waals surface area (Å²) in [6.45, 7) is 0.304. The zero-order valence-electron chi connectivity index (χ0n) is 23.2. The molecule has 3 aromatic carbocycles. The predicted molar refractivity (Wildman–Crippen MR) is 159 cm³/mol. The molecule has 1 atom stereocenters. The largest absolute Gasteiger partial charge is 0.496 e. The Morgan fingerprint density at radius 1 is 1.02 bits per heavy atom. The number of methoxy groups -OCH3 is 1. The summed E-state index contributed by atoms with van der Waals surface area (Å²) < 4.78 is 73.2. The molecule has 1 amide bonds. The number of amides is 1. The van der Waals surface area contributed by atoms with Crippen molar-refractivity contribution in [3.8, 4) is 11.5 Å². The van der Waals surface area contributed by atoms with Gasteiger partial charge in [-0.1, -0.05) is 18.2 Å². The summed E-state index contributed by atoms with van der Waals surface area (Å²) in [5.41, 5.74) is 5.38. The third-order valence-electron chi connectivity index (χ3n) is 7.97. The van der Waals surface area contributed by atoms with Gasteiger partial charge >= 0.3 is 0 Å². The van der Waals surface area contributed by atoms with Crippen LogP contribution in [0.25, 0.3) is 10.8 Å². The number of piperidine rings is 1. The second-order valence-corrected chi connectivity index (χ2v) is 13.5. The van der Waals surface area contributed by atoms with E-state index in [2.05, 4.69) is 20.7 Å². The first-order valence-electron chi connectivity index (χ1n) is 14.0. The van der Waals surface area contributed by atoms with Crippen molar-refractivity contribution in [1.29, 1.82) is 0 Å². The summed E-state index contributed by atoms with van der Waals surface area (Å²) in [5.74, 6) is -4.12. The zero-order valence-corrected chi connectivity index (χ0v) is 25.6. The number of nitrogens with one attached hydrogen (secondary N) is 1. The maximum atomic E-state index is 16.2. The number of sulfonamides is 1. The fraction of sp³-hybridized carbons (Fsp3) is 0.433. The van der Waals surface area contributed by atoms with Crippen molar-refractivity contribution in [3.05, 3.63) is 64.6 Å². The highest BCUT2D eigenvalue weighted by Crippen LogP contribution is 2.38. The van der Waals surface area contributed by atoms with Gasteiger partial charge in [-0.2, -0.15) is 13.5 Å². The first-order chi connectivity index (χ1) is 20.0. The van der Waals surface area contributed by atoms with Crippen molar-refractivity contribution >= 4 is 42.6 Å². The molecule has 1 saturated carbocycles. The molecule has 1 heterocycles. The predicted octanol–water partition coefficient (Wildman–Crippen LogP) is 5.32. The van der Waals surface area contributed by atoms with Gasteiger partial charge in [-0.15, -0.1) is 0 Å². The number of likely N-dealkylation sites (tertiary alicyclic amines) is 1. The van der Waals surface area contributed by atoms with Crippen LogP contribution in [0.1, 0.15) is 44.1 Å². The van der Waals surface area contributed by atoms with Crippen molar-refractivity contribution < 1.29 is 31.5 Å². The summed E-state index contributed by atoms with van der Waals surface area (Å²) in [6.07, 6.45) is 5.31. The number of rotatable bonds is 9. The van der Waals surface area contributed by atoms with Crippen LogP contribution in [-0.2, 0) is 20.7 Å². The van der Waals surface area contributed by atoms with E-state index >= 15 is 8.78 Å². The van der Waals surface area contributed by atoms with Crippen LogP contribution in [0.15, 0.2) is 64.0 Å². The highest BCUT2D eigenvalue weighted by Gasteiger charge is 2.50. The number of hydrogen-bond acceptors (Lipinski definition) is 6. The monoisotopic (exact) mass is 665 g/mol. The molecule has 5 rings (SSSR count). The van der Waals surface area contributed by atoms with Crippen LogP contribution in [0.2, 0.25) is 0 Å². The van der Waals surface area contributed by atoms with Crippen LogP contribution in [0.5, 0.6) is 11.5 Å². The lowest BCUT2D eigenvalue weighted by molar-refractivity contribution is -0.145. The fourth-order valence-electron chi connectivity index (χ4n) is 5.48. The lowest BCUT2D eigenvalue weighted by atomic mass is 9.98. The molecule has 0 unspecified atom stereocenters. The van der Waals surface area contributed by atoms with Crippen LogP contribution in [0.3, 0.4) is 0 Å². The number of nitrogens with zero attached hydrogens (tertiary/aromatic N) is 1. The molecule has 0 bridgehead atoms.